The average Bonchev–Trinajstić information content (AvgIpc) is 3.73. The predicted molar refractivity (Wildman–Crippen MR) is 148 cm³/mol. The summed E-state index contributed by atoms with van der Waals surface area (Å²) in [6, 6.07) is 12.6. The summed E-state index contributed by atoms with van der Waals surface area (Å²) in [5.41, 5.74) is 2.26. The summed E-state index contributed by atoms with van der Waals surface area (Å²) in [5.74, 6) is 1.09. The van der Waals surface area contributed by atoms with Crippen molar-refractivity contribution in [1.82, 2.24) is 14.8 Å². The Kier molecular flexibility index (Phi) is 8.69. The highest BCUT2D eigenvalue weighted by molar-refractivity contribution is 6.34. The first kappa shape index (κ1) is 27.4. The number of hydrogen-bond donors (Lipinski definition) is 0. The third-order valence-corrected chi connectivity index (χ3v) is 7.83. The van der Waals surface area contributed by atoms with Crippen LogP contribution in [0, 0.1) is 5.92 Å². The molecule has 0 aromatic heterocycles. The van der Waals surface area contributed by atoms with Crippen LogP contribution in [0.1, 0.15) is 36.4 Å². The molecule has 9 nitrogen and oxygen atoms in total. The molecular weight excluding hydrogens is 520 g/mol. The van der Waals surface area contributed by atoms with E-state index in [2.05, 4.69) is 4.90 Å². The maximum atomic E-state index is 13.9. The molecule has 1 aliphatic carbocycles. The van der Waals surface area contributed by atoms with Crippen LogP contribution in [0.15, 0.2) is 47.6 Å². The van der Waals surface area contributed by atoms with Gasteiger partial charge in [-0.1, -0.05) is 29.8 Å². The van der Waals surface area contributed by atoms with Crippen LogP contribution < -0.4 is 9.47 Å². The fourth-order valence-corrected chi connectivity index (χ4v) is 5.36. The zero-order valence-electron chi connectivity index (χ0n) is 22.5. The van der Waals surface area contributed by atoms with Crippen LogP contribution in [0.2, 0.25) is 5.02 Å². The maximum absolute atomic E-state index is 13.9. The van der Waals surface area contributed by atoms with Crippen molar-refractivity contribution in [2.75, 3.05) is 60.2 Å². The van der Waals surface area contributed by atoms with Crippen molar-refractivity contribution < 1.29 is 23.8 Å². The number of hydrogen-bond acceptors (Lipinski definition) is 7. The molecule has 0 radical (unpaired) electrons. The summed E-state index contributed by atoms with van der Waals surface area (Å²) in [7, 11) is 3.20. The van der Waals surface area contributed by atoms with Crippen LogP contribution in [0.3, 0.4) is 0 Å². The van der Waals surface area contributed by atoms with E-state index in [1.165, 1.54) is 5.01 Å². The Balaban J connectivity index is 1.43. The molecule has 0 spiro atoms. The molecule has 1 atom stereocenters. The summed E-state index contributed by atoms with van der Waals surface area (Å²) in [6.45, 7) is 4.18. The molecule has 39 heavy (non-hydrogen) atoms. The molecule has 2 aliphatic heterocycles. The number of benzene rings is 2. The van der Waals surface area contributed by atoms with Crippen LogP contribution in [0.4, 0.5) is 0 Å². The lowest BCUT2D eigenvalue weighted by atomic mass is 9.97. The first-order chi connectivity index (χ1) is 19.0. The van der Waals surface area contributed by atoms with Gasteiger partial charge in [-0.25, -0.2) is 5.01 Å². The number of carbonyl (C=O) groups is 2. The summed E-state index contributed by atoms with van der Waals surface area (Å²) in [4.78, 5) is 31.1. The molecule has 208 valence electrons. The molecule has 0 unspecified atom stereocenters. The molecule has 5 rings (SSSR count). The lowest BCUT2D eigenvalue weighted by Crippen LogP contribution is -2.47. The molecule has 2 aromatic rings. The quantitative estimate of drug-likeness (QED) is 0.446. The fraction of sp³-hybridized carbons (Fsp3) is 0.483. The van der Waals surface area contributed by atoms with Gasteiger partial charge in [0, 0.05) is 54.7 Å². The van der Waals surface area contributed by atoms with Gasteiger partial charge in [-0.3, -0.25) is 14.5 Å². The van der Waals surface area contributed by atoms with E-state index in [1.807, 2.05) is 42.5 Å². The fourth-order valence-electron chi connectivity index (χ4n) is 5.12. The van der Waals surface area contributed by atoms with Crippen molar-refractivity contribution in [3.05, 3.63) is 58.6 Å². The van der Waals surface area contributed by atoms with Crippen molar-refractivity contribution in [3.8, 4) is 11.5 Å². The van der Waals surface area contributed by atoms with E-state index in [0.717, 1.165) is 37.1 Å². The Labute approximate surface area is 234 Å². The van der Waals surface area contributed by atoms with Crippen LogP contribution in [0.5, 0.6) is 11.5 Å². The number of morpholine rings is 1. The van der Waals surface area contributed by atoms with E-state index in [9.17, 15) is 9.59 Å². The van der Waals surface area contributed by atoms with Crippen molar-refractivity contribution >= 4 is 29.1 Å². The standard InChI is InChI=1S/C29H35ClN4O5/c1-37-21-9-10-27(38-2)23(17-21)26-18-25(22-5-3-4-6-24(22)30)31-34(26)28(35)19-33(29(36)20-7-8-20)12-11-32-13-15-39-16-14-32/h3-6,9-10,17,20,26H,7-8,11-16,18-19H2,1-2H3/t26-/m0/s1. The summed E-state index contributed by atoms with van der Waals surface area (Å²) in [5, 5.41) is 6.85. The summed E-state index contributed by atoms with van der Waals surface area (Å²) in [6.07, 6.45) is 2.20. The number of amides is 2. The minimum absolute atomic E-state index is 0.0116. The molecule has 0 bridgehead atoms. The molecule has 0 N–H and O–H groups in total. The molecule has 2 fully saturated rings. The van der Waals surface area contributed by atoms with Crippen LogP contribution in [-0.4, -0.2) is 92.5 Å². The van der Waals surface area contributed by atoms with Gasteiger partial charge in [0.2, 0.25) is 5.91 Å². The Morgan fingerprint density at radius 1 is 1.10 bits per heavy atom. The van der Waals surface area contributed by atoms with Gasteiger partial charge in [-0.05, 0) is 37.1 Å². The van der Waals surface area contributed by atoms with Crippen molar-refractivity contribution in [2.45, 2.75) is 25.3 Å². The second-order valence-corrected chi connectivity index (χ2v) is 10.5. The molecule has 1 saturated heterocycles. The summed E-state index contributed by atoms with van der Waals surface area (Å²) < 4.78 is 16.6. The second kappa shape index (κ2) is 12.4. The van der Waals surface area contributed by atoms with Gasteiger partial charge in [0.1, 0.15) is 18.0 Å². The minimum Gasteiger partial charge on any atom is -0.497 e. The van der Waals surface area contributed by atoms with E-state index < -0.39 is 6.04 Å². The molecule has 2 aromatic carbocycles. The van der Waals surface area contributed by atoms with Gasteiger partial charge in [-0.15, -0.1) is 0 Å². The van der Waals surface area contributed by atoms with E-state index in [4.69, 9.17) is 30.9 Å². The SMILES string of the molecule is COc1ccc(OC)c([C@@H]2CC(c3ccccc3Cl)=NN2C(=O)CN(CCN2CCOCC2)C(=O)C2CC2)c1. The molecule has 2 heterocycles. The highest BCUT2D eigenvalue weighted by atomic mass is 35.5. The molecule has 2 amide bonds. The van der Waals surface area contributed by atoms with Crippen molar-refractivity contribution in [1.29, 1.82) is 0 Å². The van der Waals surface area contributed by atoms with Gasteiger partial charge in [0.05, 0.1) is 39.2 Å². The molecular formula is C29H35ClN4O5. The number of rotatable bonds is 10. The summed E-state index contributed by atoms with van der Waals surface area (Å²) >= 11 is 6.52. The van der Waals surface area contributed by atoms with Gasteiger partial charge in [0.15, 0.2) is 0 Å². The van der Waals surface area contributed by atoms with Crippen LogP contribution >= 0.6 is 11.6 Å². The van der Waals surface area contributed by atoms with E-state index in [1.54, 1.807) is 19.1 Å². The number of nitrogens with zero attached hydrogens (tertiary/aromatic N) is 4. The zero-order valence-corrected chi connectivity index (χ0v) is 23.2. The van der Waals surface area contributed by atoms with E-state index in [-0.39, 0.29) is 24.3 Å². The predicted octanol–water partition coefficient (Wildman–Crippen LogP) is 3.61. The Bertz CT molecular complexity index is 1230. The van der Waals surface area contributed by atoms with Crippen molar-refractivity contribution in [3.63, 3.8) is 0 Å². The highest BCUT2D eigenvalue weighted by Crippen LogP contribution is 2.40. The molecule has 1 saturated carbocycles. The normalized spacial score (nSPS) is 19.5. The number of methoxy groups -OCH3 is 2. The van der Waals surface area contributed by atoms with Gasteiger partial charge >= 0.3 is 0 Å². The number of ether oxygens (including phenoxy) is 3. The Morgan fingerprint density at radius 2 is 1.87 bits per heavy atom. The Hall–Kier alpha value is -3.14. The van der Waals surface area contributed by atoms with E-state index in [0.29, 0.717) is 55.0 Å². The van der Waals surface area contributed by atoms with Gasteiger partial charge < -0.3 is 19.1 Å². The average molecular weight is 555 g/mol. The topological polar surface area (TPSA) is 83.9 Å². The monoisotopic (exact) mass is 554 g/mol. The minimum atomic E-state index is -0.439. The van der Waals surface area contributed by atoms with Gasteiger partial charge in [-0.2, -0.15) is 5.10 Å². The van der Waals surface area contributed by atoms with Gasteiger partial charge in [0.25, 0.3) is 5.91 Å². The highest BCUT2D eigenvalue weighted by Gasteiger charge is 2.39. The number of carbonyl (C=O) groups excluding carboxylic acids is 2. The molecule has 3 aliphatic rings. The first-order valence-corrected chi connectivity index (χ1v) is 13.8. The van der Waals surface area contributed by atoms with Crippen molar-refractivity contribution in [2.24, 2.45) is 11.0 Å². The third-order valence-electron chi connectivity index (χ3n) is 7.50. The second-order valence-electron chi connectivity index (χ2n) is 10.1. The first-order valence-electron chi connectivity index (χ1n) is 13.4. The van der Waals surface area contributed by atoms with Crippen LogP contribution in [0.25, 0.3) is 0 Å². The lowest BCUT2D eigenvalue weighted by Gasteiger charge is -2.31. The Morgan fingerprint density at radius 3 is 2.56 bits per heavy atom. The largest absolute Gasteiger partial charge is 0.497 e. The third kappa shape index (κ3) is 6.37. The maximum Gasteiger partial charge on any atom is 0.262 e. The lowest BCUT2D eigenvalue weighted by molar-refractivity contribution is -0.142. The number of hydrazone groups is 1. The number of halogens is 1. The molecule has 10 heteroatoms. The van der Waals surface area contributed by atoms with Crippen LogP contribution in [-0.2, 0) is 14.3 Å². The van der Waals surface area contributed by atoms with E-state index >= 15 is 0 Å². The zero-order chi connectivity index (χ0) is 27.4. The smallest absolute Gasteiger partial charge is 0.262 e.